The van der Waals surface area contributed by atoms with Gasteiger partial charge in [0.25, 0.3) is 0 Å². The number of nitrogens with zero attached hydrogens (tertiary/aromatic N) is 5. The first-order valence-corrected chi connectivity index (χ1v) is 9.97. The topological polar surface area (TPSA) is 58.3 Å². The lowest BCUT2D eigenvalue weighted by Gasteiger charge is -2.36. The molecule has 0 radical (unpaired) electrons. The van der Waals surface area contributed by atoms with Gasteiger partial charge in [-0.2, -0.15) is 4.98 Å². The summed E-state index contributed by atoms with van der Waals surface area (Å²) in [5.41, 5.74) is 2.06. The van der Waals surface area contributed by atoms with E-state index in [1.165, 1.54) is 5.56 Å². The Kier molecular flexibility index (Phi) is 6.00. The third-order valence-electron chi connectivity index (χ3n) is 5.28. The lowest BCUT2D eigenvalue weighted by Crippen LogP contribution is -2.42. The van der Waals surface area contributed by atoms with E-state index in [-0.39, 0.29) is 0 Å². The zero-order valence-corrected chi connectivity index (χ0v) is 16.7. The maximum Gasteiger partial charge on any atom is 0.241 e. The van der Waals surface area contributed by atoms with Gasteiger partial charge in [0.15, 0.2) is 0 Å². The Balaban J connectivity index is 1.30. The predicted octanol–water partition coefficient (Wildman–Crippen LogP) is 3.88. The van der Waals surface area contributed by atoms with Crippen LogP contribution in [-0.2, 0) is 13.1 Å². The molecule has 1 aliphatic rings. The molecule has 1 aliphatic heterocycles. The molecule has 4 rings (SSSR count). The Labute approximate surface area is 170 Å². The number of likely N-dealkylation sites (tertiary alicyclic amines) is 1. The second-order valence-corrected chi connectivity index (χ2v) is 7.62. The van der Waals surface area contributed by atoms with Crippen LogP contribution in [0.25, 0.3) is 11.4 Å². The van der Waals surface area contributed by atoms with Crippen LogP contribution >= 0.6 is 11.6 Å². The zero-order valence-electron chi connectivity index (χ0n) is 16.0. The number of hydrogen-bond donors (Lipinski definition) is 0. The quantitative estimate of drug-likeness (QED) is 0.588. The molecular formula is C21H24ClN5O. The van der Waals surface area contributed by atoms with Gasteiger partial charge in [0.1, 0.15) is 5.15 Å². The van der Waals surface area contributed by atoms with Crippen molar-refractivity contribution in [2.24, 2.45) is 0 Å². The fourth-order valence-electron chi connectivity index (χ4n) is 3.69. The van der Waals surface area contributed by atoms with Crippen LogP contribution in [-0.4, -0.2) is 51.1 Å². The summed E-state index contributed by atoms with van der Waals surface area (Å²) in [6, 6.07) is 14.9. The van der Waals surface area contributed by atoms with E-state index in [4.69, 9.17) is 16.1 Å². The number of piperidine rings is 1. The van der Waals surface area contributed by atoms with Gasteiger partial charge in [0.2, 0.25) is 11.7 Å². The first kappa shape index (κ1) is 19.1. The van der Waals surface area contributed by atoms with E-state index in [9.17, 15) is 0 Å². The van der Waals surface area contributed by atoms with Gasteiger partial charge >= 0.3 is 0 Å². The summed E-state index contributed by atoms with van der Waals surface area (Å²) in [7, 11) is 2.22. The molecule has 6 nitrogen and oxygen atoms in total. The van der Waals surface area contributed by atoms with Crippen molar-refractivity contribution in [3.8, 4) is 11.4 Å². The molecule has 3 heterocycles. The van der Waals surface area contributed by atoms with Crippen molar-refractivity contribution in [2.75, 3.05) is 20.1 Å². The maximum atomic E-state index is 6.12. The zero-order chi connectivity index (χ0) is 19.3. The third-order valence-corrected chi connectivity index (χ3v) is 5.58. The highest BCUT2D eigenvalue weighted by atomic mass is 35.5. The number of benzene rings is 1. The van der Waals surface area contributed by atoms with Crippen LogP contribution < -0.4 is 0 Å². The number of halogens is 1. The SMILES string of the molecule is CN(Cc1ccccc1)C1CCN(Cc2nc(-c3cccnc3Cl)no2)CC1. The minimum absolute atomic E-state index is 0.386. The summed E-state index contributed by atoms with van der Waals surface area (Å²) in [5, 5.41) is 4.44. The summed E-state index contributed by atoms with van der Waals surface area (Å²) in [4.78, 5) is 13.4. The first-order valence-electron chi connectivity index (χ1n) is 9.59. The molecule has 0 N–H and O–H groups in total. The molecule has 1 saturated heterocycles. The highest BCUT2D eigenvalue weighted by Gasteiger charge is 2.24. The molecule has 146 valence electrons. The summed E-state index contributed by atoms with van der Waals surface area (Å²) < 4.78 is 5.43. The highest BCUT2D eigenvalue weighted by molar-refractivity contribution is 6.31. The van der Waals surface area contributed by atoms with Crippen LogP contribution in [0.4, 0.5) is 0 Å². The molecule has 0 bridgehead atoms. The van der Waals surface area contributed by atoms with Crippen LogP contribution in [0.15, 0.2) is 53.2 Å². The predicted molar refractivity (Wildman–Crippen MR) is 109 cm³/mol. The second-order valence-electron chi connectivity index (χ2n) is 7.26. The van der Waals surface area contributed by atoms with Crippen LogP contribution in [0.1, 0.15) is 24.3 Å². The van der Waals surface area contributed by atoms with Crippen molar-refractivity contribution in [1.82, 2.24) is 24.9 Å². The molecule has 7 heteroatoms. The molecule has 0 amide bonds. The number of aromatic nitrogens is 3. The van der Waals surface area contributed by atoms with Crippen molar-refractivity contribution in [3.05, 3.63) is 65.3 Å². The monoisotopic (exact) mass is 397 g/mol. The van der Waals surface area contributed by atoms with Crippen molar-refractivity contribution >= 4 is 11.6 Å². The molecule has 0 unspecified atom stereocenters. The number of rotatable bonds is 6. The lowest BCUT2D eigenvalue weighted by molar-refractivity contribution is 0.111. The van der Waals surface area contributed by atoms with Gasteiger partial charge in [-0.25, -0.2) is 4.98 Å². The highest BCUT2D eigenvalue weighted by Crippen LogP contribution is 2.24. The van der Waals surface area contributed by atoms with Crippen LogP contribution in [0.2, 0.25) is 5.15 Å². The van der Waals surface area contributed by atoms with E-state index in [1.54, 1.807) is 6.20 Å². The number of hydrogen-bond acceptors (Lipinski definition) is 6. The minimum atomic E-state index is 0.386. The molecule has 0 saturated carbocycles. The van der Waals surface area contributed by atoms with Gasteiger partial charge in [0, 0.05) is 31.9 Å². The van der Waals surface area contributed by atoms with Crippen molar-refractivity contribution in [2.45, 2.75) is 32.0 Å². The standard InChI is InChI=1S/C21H24ClN5O/c1-26(14-16-6-3-2-4-7-16)17-9-12-27(13-10-17)15-19-24-21(25-28-19)18-8-5-11-23-20(18)22/h2-8,11,17H,9-10,12-15H2,1H3. The Hall–Kier alpha value is -2.28. The average Bonchev–Trinajstić information content (AvgIpc) is 3.18. The molecule has 0 atom stereocenters. The Bertz CT molecular complexity index is 893. The van der Waals surface area contributed by atoms with Crippen LogP contribution in [0.3, 0.4) is 0 Å². The fourth-order valence-corrected chi connectivity index (χ4v) is 3.90. The van der Waals surface area contributed by atoms with Gasteiger partial charge in [-0.3, -0.25) is 9.80 Å². The Morgan fingerprint density at radius 1 is 1.14 bits per heavy atom. The second kappa shape index (κ2) is 8.82. The van der Waals surface area contributed by atoms with Gasteiger partial charge in [-0.1, -0.05) is 47.1 Å². The molecule has 0 aliphatic carbocycles. The molecule has 0 spiro atoms. The van der Waals surface area contributed by atoms with Crippen LogP contribution in [0.5, 0.6) is 0 Å². The lowest BCUT2D eigenvalue weighted by atomic mass is 10.0. The maximum absolute atomic E-state index is 6.12. The Morgan fingerprint density at radius 3 is 2.68 bits per heavy atom. The van der Waals surface area contributed by atoms with E-state index in [0.717, 1.165) is 32.5 Å². The van der Waals surface area contributed by atoms with E-state index in [2.05, 4.69) is 62.3 Å². The fraction of sp³-hybridized carbons (Fsp3) is 0.381. The number of pyridine rings is 1. The molecular weight excluding hydrogens is 374 g/mol. The van der Waals surface area contributed by atoms with Crippen molar-refractivity contribution in [3.63, 3.8) is 0 Å². The van der Waals surface area contributed by atoms with E-state index in [1.807, 2.05) is 12.1 Å². The van der Waals surface area contributed by atoms with Crippen molar-refractivity contribution < 1.29 is 4.52 Å². The van der Waals surface area contributed by atoms with E-state index in [0.29, 0.717) is 35.0 Å². The van der Waals surface area contributed by atoms with Gasteiger partial charge in [0.05, 0.1) is 12.1 Å². The summed E-state index contributed by atoms with van der Waals surface area (Å²) in [5.74, 6) is 1.11. The minimum Gasteiger partial charge on any atom is -0.338 e. The van der Waals surface area contributed by atoms with E-state index >= 15 is 0 Å². The summed E-state index contributed by atoms with van der Waals surface area (Å²) in [6.07, 6.45) is 3.92. The molecule has 2 aromatic heterocycles. The van der Waals surface area contributed by atoms with Gasteiger partial charge in [-0.05, 0) is 37.6 Å². The molecule has 3 aromatic rings. The molecule has 28 heavy (non-hydrogen) atoms. The molecule has 1 aromatic carbocycles. The van der Waals surface area contributed by atoms with Crippen molar-refractivity contribution in [1.29, 1.82) is 0 Å². The van der Waals surface area contributed by atoms with E-state index < -0.39 is 0 Å². The smallest absolute Gasteiger partial charge is 0.241 e. The van der Waals surface area contributed by atoms with Crippen LogP contribution in [0, 0.1) is 0 Å². The third kappa shape index (κ3) is 4.58. The normalized spacial score (nSPS) is 16.0. The summed E-state index contributed by atoms with van der Waals surface area (Å²) in [6.45, 7) is 3.70. The average molecular weight is 398 g/mol. The molecule has 1 fully saturated rings. The van der Waals surface area contributed by atoms with Gasteiger partial charge < -0.3 is 4.52 Å². The largest absolute Gasteiger partial charge is 0.338 e. The summed E-state index contributed by atoms with van der Waals surface area (Å²) >= 11 is 6.12. The Morgan fingerprint density at radius 2 is 1.93 bits per heavy atom. The van der Waals surface area contributed by atoms with Gasteiger partial charge in [-0.15, -0.1) is 0 Å². The first-order chi connectivity index (χ1) is 13.7.